The van der Waals surface area contributed by atoms with Crippen molar-refractivity contribution < 1.29 is 9.90 Å². The van der Waals surface area contributed by atoms with Gasteiger partial charge in [0.15, 0.2) is 0 Å². The van der Waals surface area contributed by atoms with Gasteiger partial charge in [-0.05, 0) is 46.2 Å². The molecule has 3 heteroatoms. The lowest BCUT2D eigenvalue weighted by Gasteiger charge is -2.23. The number of carboxylic acid groups (broad SMARTS) is 1. The lowest BCUT2D eigenvalue weighted by molar-refractivity contribution is -0.305. The Morgan fingerprint density at radius 2 is 2.08 bits per heavy atom. The highest BCUT2D eigenvalue weighted by Crippen LogP contribution is 2.44. The third-order valence-electron chi connectivity index (χ3n) is 2.80. The Kier molecular flexibility index (Phi) is 2.73. The first kappa shape index (κ1) is 9.52. The number of carbonyl (C=O) groups is 1. The normalized spacial score (nSPS) is 19.6. The first-order chi connectivity index (χ1) is 5.57. The van der Waals surface area contributed by atoms with Gasteiger partial charge in [-0.3, -0.25) is 0 Å². The zero-order valence-electron chi connectivity index (χ0n) is 7.80. The second kappa shape index (κ2) is 3.44. The van der Waals surface area contributed by atoms with E-state index in [1.807, 2.05) is 0 Å². The number of rotatable bonds is 5. The maximum Gasteiger partial charge on any atom is 0.0414 e. The Bertz CT molecular complexity index is 173. The van der Waals surface area contributed by atoms with E-state index in [1.165, 1.54) is 12.8 Å². The van der Waals surface area contributed by atoms with Gasteiger partial charge in [0, 0.05) is 11.5 Å². The molecule has 0 unspecified atom stereocenters. The van der Waals surface area contributed by atoms with Crippen molar-refractivity contribution in [3.8, 4) is 0 Å². The SMILES string of the molecule is CN(C)C1(CCCC(=O)[O-])CC1. The summed E-state index contributed by atoms with van der Waals surface area (Å²) in [6, 6.07) is 0. The number of hydrogen-bond acceptors (Lipinski definition) is 3. The summed E-state index contributed by atoms with van der Waals surface area (Å²) in [5.74, 6) is -0.926. The number of aliphatic carboxylic acids is 1. The maximum absolute atomic E-state index is 10.2. The summed E-state index contributed by atoms with van der Waals surface area (Å²) in [5, 5.41) is 10.2. The molecule has 0 amide bonds. The van der Waals surface area contributed by atoms with E-state index in [0.717, 1.165) is 12.8 Å². The van der Waals surface area contributed by atoms with Gasteiger partial charge < -0.3 is 14.8 Å². The molecule has 0 spiro atoms. The largest absolute Gasteiger partial charge is 0.550 e. The molecule has 0 atom stereocenters. The number of nitrogens with zero attached hydrogens (tertiary/aromatic N) is 1. The standard InChI is InChI=1S/C9H17NO2/c1-10(2)9(6-7-9)5-3-4-8(11)12/h3-7H2,1-2H3,(H,11,12)/p-1. The van der Waals surface area contributed by atoms with Crippen molar-refractivity contribution in [1.82, 2.24) is 4.90 Å². The molecule has 0 N–H and O–H groups in total. The zero-order chi connectivity index (χ0) is 9.19. The van der Waals surface area contributed by atoms with Gasteiger partial charge in [0.2, 0.25) is 0 Å². The summed E-state index contributed by atoms with van der Waals surface area (Å²) in [6.07, 6.45) is 4.38. The van der Waals surface area contributed by atoms with Crippen LogP contribution in [-0.2, 0) is 4.79 Å². The van der Waals surface area contributed by atoms with E-state index in [4.69, 9.17) is 0 Å². The lowest BCUT2D eigenvalue weighted by Crippen LogP contribution is -2.30. The molecule has 70 valence electrons. The van der Waals surface area contributed by atoms with Crippen LogP contribution >= 0.6 is 0 Å². The minimum Gasteiger partial charge on any atom is -0.550 e. The maximum atomic E-state index is 10.2. The quantitative estimate of drug-likeness (QED) is 0.583. The van der Waals surface area contributed by atoms with Crippen molar-refractivity contribution in [1.29, 1.82) is 0 Å². The molecule has 0 aromatic carbocycles. The van der Waals surface area contributed by atoms with E-state index in [1.54, 1.807) is 0 Å². The highest BCUT2D eigenvalue weighted by molar-refractivity contribution is 5.64. The lowest BCUT2D eigenvalue weighted by atomic mass is 10.1. The molecule has 1 rings (SSSR count). The van der Waals surface area contributed by atoms with Gasteiger partial charge in [-0.1, -0.05) is 0 Å². The molecule has 1 saturated carbocycles. The molecule has 0 aromatic rings. The van der Waals surface area contributed by atoms with Crippen LogP contribution in [0.3, 0.4) is 0 Å². The molecule has 0 aromatic heterocycles. The molecule has 1 aliphatic rings. The second-order valence-corrected chi connectivity index (χ2v) is 3.84. The third kappa shape index (κ3) is 2.21. The van der Waals surface area contributed by atoms with Gasteiger partial charge in [-0.2, -0.15) is 0 Å². The number of carboxylic acids is 1. The summed E-state index contributed by atoms with van der Waals surface area (Å²) in [7, 11) is 4.12. The highest BCUT2D eigenvalue weighted by Gasteiger charge is 2.43. The molecule has 0 heterocycles. The Hall–Kier alpha value is -0.570. The third-order valence-corrected chi connectivity index (χ3v) is 2.80. The molecule has 0 saturated heterocycles. The van der Waals surface area contributed by atoms with Crippen LogP contribution in [0.5, 0.6) is 0 Å². The summed E-state index contributed by atoms with van der Waals surface area (Å²) in [6.45, 7) is 0. The van der Waals surface area contributed by atoms with E-state index in [9.17, 15) is 9.90 Å². The number of hydrogen-bond donors (Lipinski definition) is 0. The summed E-state index contributed by atoms with van der Waals surface area (Å²) in [4.78, 5) is 12.4. The predicted octanol–water partition coefficient (Wildman–Crippen LogP) is 0.000800. The Labute approximate surface area is 73.4 Å². The molecular formula is C9H16NO2-. The van der Waals surface area contributed by atoms with E-state index in [2.05, 4.69) is 19.0 Å². The summed E-state index contributed by atoms with van der Waals surface area (Å²) in [5.41, 5.74) is 0.329. The average molecular weight is 170 g/mol. The fourth-order valence-corrected chi connectivity index (χ4v) is 1.63. The molecule has 3 nitrogen and oxygen atoms in total. The zero-order valence-corrected chi connectivity index (χ0v) is 7.80. The number of carbonyl (C=O) groups excluding carboxylic acids is 1. The van der Waals surface area contributed by atoms with Crippen LogP contribution in [-0.4, -0.2) is 30.5 Å². The molecule has 1 fully saturated rings. The van der Waals surface area contributed by atoms with Crippen molar-refractivity contribution in [3.05, 3.63) is 0 Å². The van der Waals surface area contributed by atoms with Crippen molar-refractivity contribution in [2.24, 2.45) is 0 Å². The van der Waals surface area contributed by atoms with E-state index < -0.39 is 5.97 Å². The van der Waals surface area contributed by atoms with Crippen LogP contribution < -0.4 is 5.11 Å². The Morgan fingerprint density at radius 1 is 1.50 bits per heavy atom. The van der Waals surface area contributed by atoms with Crippen LogP contribution in [0.15, 0.2) is 0 Å². The van der Waals surface area contributed by atoms with E-state index in [0.29, 0.717) is 5.54 Å². The van der Waals surface area contributed by atoms with Crippen LogP contribution in [0.1, 0.15) is 32.1 Å². The van der Waals surface area contributed by atoms with Crippen LogP contribution in [0.2, 0.25) is 0 Å². The van der Waals surface area contributed by atoms with Crippen LogP contribution in [0.25, 0.3) is 0 Å². The molecule has 0 bridgehead atoms. The van der Waals surface area contributed by atoms with Crippen molar-refractivity contribution in [2.75, 3.05) is 14.1 Å². The summed E-state index contributed by atoms with van der Waals surface area (Å²) >= 11 is 0. The molecule has 0 aliphatic heterocycles. The smallest absolute Gasteiger partial charge is 0.0414 e. The van der Waals surface area contributed by atoms with Gasteiger partial charge >= 0.3 is 0 Å². The molecular weight excluding hydrogens is 154 g/mol. The van der Waals surface area contributed by atoms with Gasteiger partial charge in [0.1, 0.15) is 0 Å². The van der Waals surface area contributed by atoms with E-state index in [-0.39, 0.29) is 6.42 Å². The van der Waals surface area contributed by atoms with Crippen LogP contribution in [0.4, 0.5) is 0 Å². The van der Waals surface area contributed by atoms with Gasteiger partial charge in [-0.25, -0.2) is 0 Å². The fraction of sp³-hybridized carbons (Fsp3) is 0.889. The predicted molar refractivity (Wildman–Crippen MR) is 44.5 cm³/mol. The van der Waals surface area contributed by atoms with Crippen LogP contribution in [0, 0.1) is 0 Å². The first-order valence-corrected chi connectivity index (χ1v) is 4.44. The van der Waals surface area contributed by atoms with Gasteiger partial charge in [0.25, 0.3) is 0 Å². The van der Waals surface area contributed by atoms with Gasteiger partial charge in [-0.15, -0.1) is 0 Å². The second-order valence-electron chi connectivity index (χ2n) is 3.84. The minimum atomic E-state index is -0.926. The molecule has 1 aliphatic carbocycles. The Morgan fingerprint density at radius 3 is 2.42 bits per heavy atom. The van der Waals surface area contributed by atoms with Crippen molar-refractivity contribution in [3.63, 3.8) is 0 Å². The van der Waals surface area contributed by atoms with Gasteiger partial charge in [0.05, 0.1) is 0 Å². The Balaban J connectivity index is 2.18. The van der Waals surface area contributed by atoms with E-state index >= 15 is 0 Å². The molecule has 12 heavy (non-hydrogen) atoms. The summed E-state index contributed by atoms with van der Waals surface area (Å²) < 4.78 is 0. The average Bonchev–Trinajstić information content (AvgIpc) is 2.68. The topological polar surface area (TPSA) is 43.4 Å². The first-order valence-electron chi connectivity index (χ1n) is 4.44. The highest BCUT2D eigenvalue weighted by atomic mass is 16.4. The van der Waals surface area contributed by atoms with Crippen molar-refractivity contribution >= 4 is 5.97 Å². The fourth-order valence-electron chi connectivity index (χ4n) is 1.63. The molecule has 0 radical (unpaired) electrons. The monoisotopic (exact) mass is 170 g/mol. The minimum absolute atomic E-state index is 0.204. The van der Waals surface area contributed by atoms with Crippen molar-refractivity contribution in [2.45, 2.75) is 37.6 Å².